The molecule has 7 heteroatoms. The van der Waals surface area contributed by atoms with Crippen LogP contribution in [0.4, 0.5) is 5.82 Å². The first-order valence-electron chi connectivity index (χ1n) is 9.40. The van der Waals surface area contributed by atoms with Crippen molar-refractivity contribution in [1.29, 1.82) is 0 Å². The summed E-state index contributed by atoms with van der Waals surface area (Å²) in [5.41, 5.74) is 5.40. The van der Waals surface area contributed by atoms with Crippen LogP contribution in [0.15, 0.2) is 67.3 Å². The van der Waals surface area contributed by atoms with E-state index in [1.165, 1.54) is 11.9 Å². The van der Waals surface area contributed by atoms with E-state index in [1.54, 1.807) is 6.20 Å². The molecule has 3 heterocycles. The molecule has 0 amide bonds. The third kappa shape index (κ3) is 3.06. The highest BCUT2D eigenvalue weighted by Gasteiger charge is 2.15. The fourth-order valence-electron chi connectivity index (χ4n) is 3.47. The molecule has 0 saturated carbocycles. The zero-order chi connectivity index (χ0) is 19.8. The molecule has 0 unspecified atom stereocenters. The van der Waals surface area contributed by atoms with Gasteiger partial charge in [0.15, 0.2) is 5.65 Å². The van der Waals surface area contributed by atoms with E-state index in [2.05, 4.69) is 61.2 Å². The minimum absolute atomic E-state index is 0.192. The molecule has 5 aromatic rings. The lowest BCUT2D eigenvalue weighted by Crippen LogP contribution is -2.22. The standard InChI is InChI=1S/C22H19N7/c1-14(15-6-4-3-5-7-15)29(2)20-12-23-19-10-16(8-9-18(19)27-20)21-17-11-26-28-22(17)25-13-24-21/h3-14H,1-2H3,(H,24,25,26,28)/t14-/m1/s1. The van der Waals surface area contributed by atoms with Crippen molar-refractivity contribution in [2.45, 2.75) is 13.0 Å². The second kappa shape index (κ2) is 6.94. The Hall–Kier alpha value is -3.87. The highest BCUT2D eigenvalue weighted by atomic mass is 15.2. The maximum Gasteiger partial charge on any atom is 0.159 e. The van der Waals surface area contributed by atoms with Crippen LogP contribution < -0.4 is 4.90 Å². The van der Waals surface area contributed by atoms with Gasteiger partial charge in [-0.2, -0.15) is 5.10 Å². The van der Waals surface area contributed by atoms with Crippen LogP contribution in [0.3, 0.4) is 0 Å². The van der Waals surface area contributed by atoms with Gasteiger partial charge in [0.25, 0.3) is 0 Å². The summed E-state index contributed by atoms with van der Waals surface area (Å²) in [5, 5.41) is 7.82. The minimum Gasteiger partial charge on any atom is -0.352 e. The van der Waals surface area contributed by atoms with E-state index in [0.717, 1.165) is 33.5 Å². The Labute approximate surface area is 167 Å². The maximum atomic E-state index is 4.82. The zero-order valence-corrected chi connectivity index (χ0v) is 16.1. The van der Waals surface area contributed by atoms with Crippen LogP contribution >= 0.6 is 0 Å². The predicted molar refractivity (Wildman–Crippen MR) is 113 cm³/mol. The van der Waals surface area contributed by atoms with E-state index in [9.17, 15) is 0 Å². The van der Waals surface area contributed by atoms with Gasteiger partial charge >= 0.3 is 0 Å². The van der Waals surface area contributed by atoms with Gasteiger partial charge in [-0.25, -0.2) is 15.0 Å². The summed E-state index contributed by atoms with van der Waals surface area (Å²) in [5.74, 6) is 0.834. The fraction of sp³-hybridized carbons (Fsp3) is 0.136. The Morgan fingerprint density at radius 2 is 1.79 bits per heavy atom. The van der Waals surface area contributed by atoms with Crippen LogP contribution in [-0.4, -0.2) is 37.2 Å². The van der Waals surface area contributed by atoms with Gasteiger partial charge in [-0.05, 0) is 24.6 Å². The van der Waals surface area contributed by atoms with E-state index >= 15 is 0 Å². The lowest BCUT2D eigenvalue weighted by atomic mass is 10.1. The van der Waals surface area contributed by atoms with Gasteiger partial charge in [0.05, 0.1) is 40.5 Å². The summed E-state index contributed by atoms with van der Waals surface area (Å²) in [4.78, 5) is 20.2. The van der Waals surface area contributed by atoms with Crippen molar-refractivity contribution in [2.75, 3.05) is 11.9 Å². The Kier molecular flexibility index (Phi) is 4.13. The third-order valence-electron chi connectivity index (χ3n) is 5.28. The quantitative estimate of drug-likeness (QED) is 0.503. The molecule has 0 radical (unpaired) electrons. The lowest BCUT2D eigenvalue weighted by Gasteiger charge is -2.26. The monoisotopic (exact) mass is 381 g/mol. The van der Waals surface area contributed by atoms with E-state index in [-0.39, 0.29) is 6.04 Å². The van der Waals surface area contributed by atoms with Gasteiger partial charge in [-0.1, -0.05) is 36.4 Å². The number of anilines is 1. The zero-order valence-electron chi connectivity index (χ0n) is 16.1. The van der Waals surface area contributed by atoms with Crippen LogP contribution in [0.25, 0.3) is 33.3 Å². The van der Waals surface area contributed by atoms with Crippen LogP contribution in [0.1, 0.15) is 18.5 Å². The summed E-state index contributed by atoms with van der Waals surface area (Å²) in [6.07, 6.45) is 5.09. The summed E-state index contributed by atoms with van der Waals surface area (Å²) in [6, 6.07) is 16.6. The number of benzene rings is 2. The molecule has 0 saturated heterocycles. The minimum atomic E-state index is 0.192. The number of fused-ring (bicyclic) bond motifs is 2. The highest BCUT2D eigenvalue weighted by molar-refractivity contribution is 5.92. The van der Waals surface area contributed by atoms with E-state index in [4.69, 9.17) is 4.98 Å². The summed E-state index contributed by atoms with van der Waals surface area (Å²) >= 11 is 0. The van der Waals surface area contributed by atoms with Crippen LogP contribution in [0.2, 0.25) is 0 Å². The average Bonchev–Trinajstić information content (AvgIpc) is 3.27. The first kappa shape index (κ1) is 17.2. The molecular formula is C22H19N7. The number of aromatic amines is 1. The van der Waals surface area contributed by atoms with Gasteiger partial charge in [0.1, 0.15) is 12.1 Å². The van der Waals surface area contributed by atoms with E-state index in [1.807, 2.05) is 37.5 Å². The molecule has 1 N–H and O–H groups in total. The first-order chi connectivity index (χ1) is 14.2. The van der Waals surface area contributed by atoms with Crippen molar-refractivity contribution in [2.24, 2.45) is 0 Å². The Balaban J connectivity index is 1.51. The second-order valence-electron chi connectivity index (χ2n) is 6.98. The molecular weight excluding hydrogens is 362 g/mol. The van der Waals surface area contributed by atoms with Crippen molar-refractivity contribution in [3.05, 3.63) is 72.8 Å². The van der Waals surface area contributed by atoms with Crippen LogP contribution in [0.5, 0.6) is 0 Å². The maximum absolute atomic E-state index is 4.82. The van der Waals surface area contributed by atoms with Crippen molar-refractivity contribution in [3.63, 3.8) is 0 Å². The summed E-state index contributed by atoms with van der Waals surface area (Å²) < 4.78 is 0. The van der Waals surface area contributed by atoms with Crippen LogP contribution in [-0.2, 0) is 0 Å². The molecule has 1 atom stereocenters. The topological polar surface area (TPSA) is 83.5 Å². The van der Waals surface area contributed by atoms with Crippen molar-refractivity contribution in [3.8, 4) is 11.3 Å². The number of rotatable bonds is 4. The third-order valence-corrected chi connectivity index (χ3v) is 5.28. The van der Waals surface area contributed by atoms with E-state index < -0.39 is 0 Å². The summed E-state index contributed by atoms with van der Waals surface area (Å²) in [7, 11) is 2.04. The fourth-order valence-corrected chi connectivity index (χ4v) is 3.47. The molecule has 2 aromatic carbocycles. The molecule has 0 aliphatic rings. The van der Waals surface area contributed by atoms with Crippen LogP contribution in [0, 0.1) is 0 Å². The molecule has 0 aliphatic heterocycles. The first-order valence-corrected chi connectivity index (χ1v) is 9.40. The molecule has 29 heavy (non-hydrogen) atoms. The van der Waals surface area contributed by atoms with Gasteiger partial charge in [-0.15, -0.1) is 0 Å². The number of hydrogen-bond acceptors (Lipinski definition) is 6. The molecule has 0 bridgehead atoms. The normalized spacial score (nSPS) is 12.3. The SMILES string of the molecule is C[C@H](c1ccccc1)N(C)c1cnc2cc(-c3ncnc4[nH]ncc34)ccc2n1. The van der Waals surface area contributed by atoms with Crippen molar-refractivity contribution >= 4 is 27.9 Å². The number of nitrogens with one attached hydrogen (secondary N) is 1. The largest absolute Gasteiger partial charge is 0.352 e. The number of hydrogen-bond donors (Lipinski definition) is 1. The predicted octanol–water partition coefficient (Wildman–Crippen LogP) is 4.16. The molecule has 7 nitrogen and oxygen atoms in total. The molecule has 0 spiro atoms. The number of nitrogens with zero attached hydrogens (tertiary/aromatic N) is 6. The Morgan fingerprint density at radius 3 is 2.66 bits per heavy atom. The number of aromatic nitrogens is 6. The highest BCUT2D eigenvalue weighted by Crippen LogP contribution is 2.28. The van der Waals surface area contributed by atoms with Crippen molar-refractivity contribution in [1.82, 2.24) is 30.1 Å². The van der Waals surface area contributed by atoms with Gasteiger partial charge in [0.2, 0.25) is 0 Å². The molecule has 5 rings (SSSR count). The lowest BCUT2D eigenvalue weighted by molar-refractivity contribution is 0.728. The Bertz CT molecular complexity index is 1300. The second-order valence-corrected chi connectivity index (χ2v) is 6.98. The smallest absolute Gasteiger partial charge is 0.159 e. The molecule has 0 aliphatic carbocycles. The van der Waals surface area contributed by atoms with Gasteiger partial charge < -0.3 is 4.90 Å². The average molecular weight is 381 g/mol. The molecule has 0 fully saturated rings. The van der Waals surface area contributed by atoms with Gasteiger partial charge in [-0.3, -0.25) is 10.1 Å². The summed E-state index contributed by atoms with van der Waals surface area (Å²) in [6.45, 7) is 2.16. The molecule has 142 valence electrons. The van der Waals surface area contributed by atoms with Gasteiger partial charge in [0, 0.05) is 12.6 Å². The number of H-pyrrole nitrogens is 1. The molecule has 3 aromatic heterocycles. The Morgan fingerprint density at radius 1 is 0.931 bits per heavy atom. The van der Waals surface area contributed by atoms with Crippen molar-refractivity contribution < 1.29 is 0 Å². The van der Waals surface area contributed by atoms with E-state index in [0.29, 0.717) is 5.65 Å².